The number of ether oxygens (including phenoxy) is 3. The van der Waals surface area contributed by atoms with Gasteiger partial charge in [-0.3, -0.25) is 0 Å². The summed E-state index contributed by atoms with van der Waals surface area (Å²) in [5, 5.41) is 0. The van der Waals surface area contributed by atoms with E-state index in [2.05, 4.69) is 4.74 Å². The van der Waals surface area contributed by atoms with Crippen molar-refractivity contribution in [3.8, 4) is 0 Å². The van der Waals surface area contributed by atoms with Crippen LogP contribution in [0.5, 0.6) is 0 Å². The second-order valence-corrected chi connectivity index (χ2v) is 3.59. The number of esters is 2. The Balaban J connectivity index is 1.78. The molecule has 90 valence electrons. The molecule has 2 rings (SSSR count). The minimum Gasteiger partial charge on any atom is -0.451 e. The van der Waals surface area contributed by atoms with E-state index in [-0.39, 0.29) is 13.2 Å². The molecule has 0 bridgehead atoms. The molecular weight excluding hydrogens is 224 g/mol. The maximum absolute atomic E-state index is 11.2. The Morgan fingerprint density at radius 2 is 2.00 bits per heavy atom. The molecule has 1 aromatic carbocycles. The Hall–Kier alpha value is -1.88. The highest BCUT2D eigenvalue weighted by Crippen LogP contribution is 2.07. The van der Waals surface area contributed by atoms with Crippen LogP contribution in [-0.4, -0.2) is 31.3 Å². The van der Waals surface area contributed by atoms with Crippen LogP contribution in [-0.2, 0) is 30.4 Å². The Morgan fingerprint density at radius 1 is 1.24 bits per heavy atom. The largest absolute Gasteiger partial charge is 0.451 e. The summed E-state index contributed by atoms with van der Waals surface area (Å²) in [7, 11) is 0. The lowest BCUT2D eigenvalue weighted by Crippen LogP contribution is -2.40. The van der Waals surface area contributed by atoms with Gasteiger partial charge in [0.25, 0.3) is 0 Å². The summed E-state index contributed by atoms with van der Waals surface area (Å²) in [5.74, 6) is -1.10. The number of cyclic esters (lactones) is 2. The summed E-state index contributed by atoms with van der Waals surface area (Å²) in [6.07, 6.45) is -0.944. The lowest BCUT2D eigenvalue weighted by molar-refractivity contribution is -0.188. The van der Waals surface area contributed by atoms with Gasteiger partial charge in [-0.15, -0.1) is 0 Å². The monoisotopic (exact) mass is 236 g/mol. The normalized spacial score (nSPS) is 19.6. The van der Waals surface area contributed by atoms with Crippen LogP contribution >= 0.6 is 0 Å². The first kappa shape index (κ1) is 11.6. The van der Waals surface area contributed by atoms with Crippen LogP contribution < -0.4 is 0 Å². The number of hydrogen-bond acceptors (Lipinski definition) is 5. The maximum atomic E-state index is 11.2. The molecule has 1 fully saturated rings. The van der Waals surface area contributed by atoms with Gasteiger partial charge in [-0.2, -0.15) is 0 Å². The molecule has 0 aliphatic carbocycles. The van der Waals surface area contributed by atoms with Crippen LogP contribution in [0.15, 0.2) is 30.3 Å². The van der Waals surface area contributed by atoms with Crippen molar-refractivity contribution in [2.75, 3.05) is 13.2 Å². The Bertz CT molecular complexity index is 401. The van der Waals surface area contributed by atoms with E-state index in [1.165, 1.54) is 0 Å². The van der Waals surface area contributed by atoms with Crippen LogP contribution in [0.2, 0.25) is 0 Å². The molecule has 17 heavy (non-hydrogen) atoms. The van der Waals surface area contributed by atoms with Crippen LogP contribution in [0.4, 0.5) is 0 Å². The Morgan fingerprint density at radius 3 is 2.76 bits per heavy atom. The molecule has 0 amide bonds. The minimum absolute atomic E-state index is 0.0134. The Labute approximate surface area is 98.3 Å². The van der Waals surface area contributed by atoms with E-state index in [0.717, 1.165) is 5.56 Å². The van der Waals surface area contributed by atoms with Crippen molar-refractivity contribution in [1.82, 2.24) is 0 Å². The lowest BCUT2D eigenvalue weighted by atomic mass is 10.2. The van der Waals surface area contributed by atoms with Crippen molar-refractivity contribution >= 4 is 11.9 Å². The number of rotatable bonds is 4. The highest BCUT2D eigenvalue weighted by Gasteiger charge is 2.30. The fourth-order valence-corrected chi connectivity index (χ4v) is 1.42. The summed E-state index contributed by atoms with van der Waals surface area (Å²) >= 11 is 0. The van der Waals surface area contributed by atoms with Crippen LogP contribution in [0.1, 0.15) is 5.56 Å². The Kier molecular flexibility index (Phi) is 3.72. The van der Waals surface area contributed by atoms with E-state index < -0.39 is 18.0 Å². The van der Waals surface area contributed by atoms with Crippen molar-refractivity contribution in [3.63, 3.8) is 0 Å². The molecule has 5 heteroatoms. The van der Waals surface area contributed by atoms with Gasteiger partial charge in [-0.1, -0.05) is 30.3 Å². The van der Waals surface area contributed by atoms with Crippen molar-refractivity contribution < 1.29 is 23.8 Å². The van der Waals surface area contributed by atoms with Crippen LogP contribution in [0.25, 0.3) is 0 Å². The van der Waals surface area contributed by atoms with Gasteiger partial charge in [-0.25, -0.2) is 9.59 Å². The average Bonchev–Trinajstić information content (AvgIpc) is 2.35. The van der Waals surface area contributed by atoms with Gasteiger partial charge in [0, 0.05) is 0 Å². The molecule has 1 unspecified atom stereocenters. The van der Waals surface area contributed by atoms with Gasteiger partial charge in [0.1, 0.15) is 0 Å². The first-order valence-corrected chi connectivity index (χ1v) is 5.23. The number of carbonyl (C=O) groups is 2. The van der Waals surface area contributed by atoms with Crippen LogP contribution in [0, 0.1) is 0 Å². The van der Waals surface area contributed by atoms with Crippen molar-refractivity contribution in [1.29, 1.82) is 0 Å². The first-order valence-electron chi connectivity index (χ1n) is 5.23. The highest BCUT2D eigenvalue weighted by molar-refractivity contribution is 5.85. The third-order valence-corrected chi connectivity index (χ3v) is 2.25. The quantitative estimate of drug-likeness (QED) is 0.719. The smallest absolute Gasteiger partial charge is 0.350 e. The fourth-order valence-electron chi connectivity index (χ4n) is 1.42. The number of benzene rings is 1. The second-order valence-electron chi connectivity index (χ2n) is 3.59. The molecule has 0 aromatic heterocycles. The van der Waals surface area contributed by atoms with Gasteiger partial charge in [0.05, 0.1) is 13.2 Å². The van der Waals surface area contributed by atoms with E-state index in [9.17, 15) is 9.59 Å². The molecule has 0 spiro atoms. The molecule has 0 radical (unpaired) electrons. The van der Waals surface area contributed by atoms with E-state index in [1.807, 2.05) is 30.3 Å². The van der Waals surface area contributed by atoms with E-state index >= 15 is 0 Å². The molecule has 1 aliphatic rings. The molecule has 5 nitrogen and oxygen atoms in total. The average molecular weight is 236 g/mol. The van der Waals surface area contributed by atoms with E-state index in [1.54, 1.807) is 0 Å². The highest BCUT2D eigenvalue weighted by atomic mass is 16.6. The molecule has 0 saturated carbocycles. The minimum atomic E-state index is -0.944. The molecule has 0 N–H and O–H groups in total. The second kappa shape index (κ2) is 5.45. The molecule has 1 heterocycles. The van der Waals surface area contributed by atoms with Crippen LogP contribution in [0.3, 0.4) is 0 Å². The summed E-state index contributed by atoms with van der Waals surface area (Å²) in [5.41, 5.74) is 0.989. The summed E-state index contributed by atoms with van der Waals surface area (Å²) < 4.78 is 14.7. The molecular formula is C12H12O5. The van der Waals surface area contributed by atoms with E-state index in [4.69, 9.17) is 9.47 Å². The van der Waals surface area contributed by atoms with Gasteiger partial charge in [0.15, 0.2) is 6.61 Å². The number of carbonyl (C=O) groups excluding carboxylic acids is 2. The fraction of sp³-hybridized carbons (Fsp3) is 0.333. The zero-order valence-electron chi connectivity index (χ0n) is 9.13. The molecule has 1 aliphatic heterocycles. The van der Waals surface area contributed by atoms with E-state index in [0.29, 0.717) is 6.61 Å². The first-order chi connectivity index (χ1) is 8.25. The van der Waals surface area contributed by atoms with Gasteiger partial charge < -0.3 is 14.2 Å². The van der Waals surface area contributed by atoms with Crippen molar-refractivity contribution in [2.24, 2.45) is 0 Å². The van der Waals surface area contributed by atoms with Crippen molar-refractivity contribution in [2.45, 2.75) is 12.7 Å². The third-order valence-electron chi connectivity index (χ3n) is 2.25. The predicted molar refractivity (Wildman–Crippen MR) is 56.9 cm³/mol. The zero-order valence-corrected chi connectivity index (χ0v) is 9.13. The lowest BCUT2D eigenvalue weighted by Gasteiger charge is -2.20. The maximum Gasteiger partial charge on any atom is 0.350 e. The van der Waals surface area contributed by atoms with Gasteiger partial charge >= 0.3 is 11.9 Å². The summed E-state index contributed by atoms with van der Waals surface area (Å²) in [6.45, 7) is 0.0651. The summed E-state index contributed by atoms with van der Waals surface area (Å²) in [6, 6.07) is 9.52. The van der Waals surface area contributed by atoms with Gasteiger partial charge in [-0.05, 0) is 5.56 Å². The standard InChI is InChI=1S/C12H12O5/c13-11-8-16-12(14)10(17-11)7-15-6-9-4-2-1-3-5-9/h1-5,10H,6-8H2. The third kappa shape index (κ3) is 3.29. The molecule has 1 atom stereocenters. The molecule has 1 aromatic rings. The number of hydrogen-bond donors (Lipinski definition) is 0. The predicted octanol–water partition coefficient (Wildman–Crippen LogP) is 0.672. The van der Waals surface area contributed by atoms with Gasteiger partial charge in [0.2, 0.25) is 6.10 Å². The SMILES string of the molecule is O=C1COC(=O)C(COCc2ccccc2)O1. The summed E-state index contributed by atoms with van der Waals surface area (Å²) in [4.78, 5) is 22.1. The molecule has 1 saturated heterocycles. The topological polar surface area (TPSA) is 61.8 Å². The van der Waals surface area contributed by atoms with Crippen molar-refractivity contribution in [3.05, 3.63) is 35.9 Å². The zero-order chi connectivity index (χ0) is 12.1.